The maximum atomic E-state index is 6.47. The van der Waals surface area contributed by atoms with Crippen LogP contribution in [0.25, 0.3) is 11.1 Å². The number of hydrazone groups is 1. The van der Waals surface area contributed by atoms with E-state index < -0.39 is 0 Å². The van der Waals surface area contributed by atoms with E-state index in [4.69, 9.17) is 10.8 Å². The number of nitrogens with zero attached hydrogens (tertiary/aromatic N) is 2. The highest BCUT2D eigenvalue weighted by atomic mass is 15.5. The average Bonchev–Trinajstić information content (AvgIpc) is 2.87. The first-order valence-electron chi connectivity index (χ1n) is 11.1. The Bertz CT molecular complexity index is 1050. The van der Waals surface area contributed by atoms with E-state index in [9.17, 15) is 0 Å². The Kier molecular flexibility index (Phi) is 8.64. The van der Waals surface area contributed by atoms with E-state index in [2.05, 4.69) is 26.0 Å². The molecule has 0 bridgehead atoms. The lowest BCUT2D eigenvalue weighted by Gasteiger charge is -2.19. The van der Waals surface area contributed by atoms with Crippen molar-refractivity contribution in [1.29, 1.82) is 0 Å². The fourth-order valence-electron chi connectivity index (χ4n) is 3.11. The monoisotopic (exact) mass is 421 g/mol. The summed E-state index contributed by atoms with van der Waals surface area (Å²) in [6, 6.07) is 36.3. The summed E-state index contributed by atoms with van der Waals surface area (Å²) in [5.41, 5.74) is 12.2. The Labute approximate surface area is 191 Å². The number of anilines is 3. The van der Waals surface area contributed by atoms with Gasteiger partial charge in [0.2, 0.25) is 0 Å². The molecule has 4 aromatic rings. The van der Waals surface area contributed by atoms with Crippen LogP contribution in [0.2, 0.25) is 0 Å². The predicted octanol–water partition coefficient (Wildman–Crippen LogP) is 7.91. The lowest BCUT2D eigenvalue weighted by molar-refractivity contribution is 0.886. The highest BCUT2D eigenvalue weighted by molar-refractivity contribution is 5.94. The molecule has 0 aliphatic carbocycles. The summed E-state index contributed by atoms with van der Waals surface area (Å²) in [6.45, 7) is 4.36. The van der Waals surface area contributed by atoms with Gasteiger partial charge in [-0.15, -0.1) is 0 Å². The van der Waals surface area contributed by atoms with Gasteiger partial charge in [-0.2, -0.15) is 5.10 Å². The van der Waals surface area contributed by atoms with Crippen LogP contribution < -0.4 is 10.7 Å². The second-order valence-corrected chi connectivity index (χ2v) is 7.40. The van der Waals surface area contributed by atoms with Gasteiger partial charge < -0.3 is 5.73 Å². The molecule has 162 valence electrons. The number of hydrogen-bond donors (Lipinski definition) is 1. The van der Waals surface area contributed by atoms with Gasteiger partial charge in [0, 0.05) is 16.8 Å². The Morgan fingerprint density at radius 2 is 1.16 bits per heavy atom. The van der Waals surface area contributed by atoms with Gasteiger partial charge in [0.25, 0.3) is 0 Å². The molecular weight excluding hydrogens is 390 g/mol. The fraction of sp³-hybridized carbons (Fsp3) is 0.138. The van der Waals surface area contributed by atoms with Crippen molar-refractivity contribution >= 4 is 23.3 Å². The summed E-state index contributed by atoms with van der Waals surface area (Å²) in [6.07, 6.45) is 4.46. The van der Waals surface area contributed by atoms with Crippen LogP contribution in [0.1, 0.15) is 32.3 Å². The third kappa shape index (κ3) is 6.08. The van der Waals surface area contributed by atoms with Crippen molar-refractivity contribution < 1.29 is 0 Å². The molecule has 0 aromatic heterocycles. The number of nitrogen functional groups attached to an aromatic ring is 1. The van der Waals surface area contributed by atoms with Crippen molar-refractivity contribution in [3.63, 3.8) is 0 Å². The number of unbranched alkanes of at least 4 members (excludes halogenated alkanes) is 1. The highest BCUT2D eigenvalue weighted by Crippen LogP contribution is 2.29. The zero-order valence-corrected chi connectivity index (χ0v) is 18.9. The van der Waals surface area contributed by atoms with Crippen molar-refractivity contribution in [2.45, 2.75) is 26.7 Å². The molecule has 0 radical (unpaired) electrons. The summed E-state index contributed by atoms with van der Waals surface area (Å²) in [5, 5.41) is 6.67. The average molecular weight is 422 g/mol. The van der Waals surface area contributed by atoms with Crippen LogP contribution in [0.15, 0.2) is 114 Å². The Morgan fingerprint density at radius 1 is 0.656 bits per heavy atom. The van der Waals surface area contributed by atoms with Gasteiger partial charge in [0.15, 0.2) is 0 Å². The van der Waals surface area contributed by atoms with E-state index in [1.807, 2.05) is 108 Å². The van der Waals surface area contributed by atoms with Crippen molar-refractivity contribution in [3.05, 3.63) is 115 Å². The summed E-state index contributed by atoms with van der Waals surface area (Å²) < 4.78 is 0. The molecule has 0 amide bonds. The topological polar surface area (TPSA) is 41.6 Å². The van der Waals surface area contributed by atoms with Crippen molar-refractivity contribution in [2.24, 2.45) is 5.10 Å². The van der Waals surface area contributed by atoms with E-state index in [1.165, 1.54) is 12.8 Å². The van der Waals surface area contributed by atoms with Crippen molar-refractivity contribution in [3.8, 4) is 11.1 Å². The first kappa shape index (κ1) is 22.8. The second kappa shape index (κ2) is 12.1. The third-order valence-corrected chi connectivity index (χ3v) is 5.04. The molecule has 0 saturated carbocycles. The first-order valence-corrected chi connectivity index (χ1v) is 11.1. The zero-order chi connectivity index (χ0) is 22.6. The molecule has 0 unspecified atom stereocenters. The number of rotatable bonds is 6. The highest BCUT2D eigenvalue weighted by Gasteiger charge is 2.09. The Hall–Kier alpha value is -3.85. The number of para-hydroxylation sites is 3. The maximum Gasteiger partial charge on any atom is 0.0652 e. The summed E-state index contributed by atoms with van der Waals surface area (Å²) in [7, 11) is 0. The smallest absolute Gasteiger partial charge is 0.0652 e. The lowest BCUT2D eigenvalue weighted by Crippen LogP contribution is -2.09. The van der Waals surface area contributed by atoms with Crippen molar-refractivity contribution in [2.75, 3.05) is 10.7 Å². The van der Waals surface area contributed by atoms with Crippen LogP contribution in [0.3, 0.4) is 0 Å². The Morgan fingerprint density at radius 3 is 1.66 bits per heavy atom. The van der Waals surface area contributed by atoms with Gasteiger partial charge in [-0.3, -0.25) is 0 Å². The molecule has 0 fully saturated rings. The van der Waals surface area contributed by atoms with Crippen LogP contribution in [0.4, 0.5) is 17.1 Å². The van der Waals surface area contributed by atoms with Gasteiger partial charge in [0.05, 0.1) is 17.6 Å². The van der Waals surface area contributed by atoms with E-state index in [1.54, 1.807) is 0 Å². The summed E-state index contributed by atoms with van der Waals surface area (Å²) in [5.74, 6) is 0. The van der Waals surface area contributed by atoms with E-state index in [-0.39, 0.29) is 0 Å². The van der Waals surface area contributed by atoms with Crippen LogP contribution in [-0.4, -0.2) is 6.21 Å². The zero-order valence-electron chi connectivity index (χ0n) is 18.9. The molecule has 32 heavy (non-hydrogen) atoms. The van der Waals surface area contributed by atoms with Gasteiger partial charge in [-0.25, -0.2) is 5.01 Å². The third-order valence-electron chi connectivity index (χ3n) is 5.04. The van der Waals surface area contributed by atoms with Crippen molar-refractivity contribution in [1.82, 2.24) is 0 Å². The summed E-state index contributed by atoms with van der Waals surface area (Å²) >= 11 is 0. The largest absolute Gasteiger partial charge is 0.398 e. The van der Waals surface area contributed by atoms with E-state index in [0.29, 0.717) is 0 Å². The van der Waals surface area contributed by atoms with Gasteiger partial charge in [-0.1, -0.05) is 112 Å². The molecule has 0 saturated heterocycles. The van der Waals surface area contributed by atoms with Gasteiger partial charge in [0.1, 0.15) is 0 Å². The minimum atomic E-state index is 0.721. The molecule has 0 heterocycles. The lowest BCUT2D eigenvalue weighted by atomic mass is 10.0. The molecule has 0 aliphatic rings. The number of nitrogens with two attached hydrogens (primary N) is 1. The molecule has 4 rings (SSSR count). The normalized spacial score (nSPS) is 10.4. The quantitative estimate of drug-likeness (QED) is 0.195. The number of hydrogen-bond acceptors (Lipinski definition) is 3. The van der Waals surface area contributed by atoms with E-state index in [0.717, 1.165) is 33.8 Å². The summed E-state index contributed by atoms with van der Waals surface area (Å²) in [4.78, 5) is 0. The molecule has 0 spiro atoms. The standard InChI is InChI=1S/C25H21N3.C4H10/c26-25-21(13-10-18-24(25)20-11-4-1-5-12-20)19-27-28(22-14-6-2-7-15-22)23-16-8-3-9-17-23;1-3-4-2/h1-19H,26H2;3-4H2,1-2H3/b27-19+;. The molecule has 0 aliphatic heterocycles. The minimum Gasteiger partial charge on any atom is -0.398 e. The molecule has 2 N–H and O–H groups in total. The van der Waals surface area contributed by atoms with Gasteiger partial charge >= 0.3 is 0 Å². The SMILES string of the molecule is CCCC.Nc1c(/C=N/N(c2ccccc2)c2ccccc2)cccc1-c1ccccc1. The van der Waals surface area contributed by atoms with Crippen LogP contribution in [-0.2, 0) is 0 Å². The molecular formula is C29H31N3. The Balaban J connectivity index is 0.000000668. The molecule has 3 heteroatoms. The van der Waals surface area contributed by atoms with Crippen LogP contribution in [0, 0.1) is 0 Å². The minimum absolute atomic E-state index is 0.721. The number of benzene rings is 4. The van der Waals surface area contributed by atoms with Gasteiger partial charge in [-0.05, 0) is 29.8 Å². The predicted molar refractivity (Wildman–Crippen MR) is 139 cm³/mol. The molecule has 4 aromatic carbocycles. The second-order valence-electron chi connectivity index (χ2n) is 7.40. The molecule has 3 nitrogen and oxygen atoms in total. The van der Waals surface area contributed by atoms with Crippen LogP contribution >= 0.6 is 0 Å². The van der Waals surface area contributed by atoms with E-state index >= 15 is 0 Å². The maximum absolute atomic E-state index is 6.47. The first-order chi connectivity index (χ1) is 15.7. The molecule has 0 atom stereocenters. The van der Waals surface area contributed by atoms with Crippen LogP contribution in [0.5, 0.6) is 0 Å². The fourth-order valence-corrected chi connectivity index (χ4v) is 3.11.